The van der Waals surface area contributed by atoms with Gasteiger partial charge in [-0.3, -0.25) is 14.4 Å². The van der Waals surface area contributed by atoms with Crippen molar-refractivity contribution in [1.82, 2.24) is 14.9 Å². The number of nitrogens with one attached hydrogen (secondary N) is 2. The predicted octanol–water partition coefficient (Wildman–Crippen LogP) is 1.88. The lowest BCUT2D eigenvalue weighted by Crippen LogP contribution is -2.27. The molecule has 0 aromatic carbocycles. The number of anilines is 2. The maximum Gasteiger partial charge on any atom is 0.262 e. The van der Waals surface area contributed by atoms with Crippen LogP contribution >= 0.6 is 0 Å². The normalized spacial score (nSPS) is 15.9. The summed E-state index contributed by atoms with van der Waals surface area (Å²) in [7, 11) is 0. The molecule has 1 fully saturated rings. The summed E-state index contributed by atoms with van der Waals surface area (Å²) < 4.78 is 2.02. The fourth-order valence-corrected chi connectivity index (χ4v) is 3.18. The summed E-state index contributed by atoms with van der Waals surface area (Å²) in [6, 6.07) is 3.69. The summed E-state index contributed by atoms with van der Waals surface area (Å²) >= 11 is 0. The number of hydrogen-bond acceptors (Lipinski definition) is 5. The Balaban J connectivity index is 1.99. The van der Waals surface area contributed by atoms with Crippen LogP contribution in [0.15, 0.2) is 18.3 Å². The summed E-state index contributed by atoms with van der Waals surface area (Å²) in [5, 5.41) is 11.7. The van der Waals surface area contributed by atoms with E-state index < -0.39 is 5.91 Å². The molecule has 0 saturated heterocycles. The molecule has 0 spiro atoms. The van der Waals surface area contributed by atoms with Crippen LogP contribution in [0, 0.1) is 0 Å². The van der Waals surface area contributed by atoms with Gasteiger partial charge in [-0.05, 0) is 25.0 Å². The number of imidazole rings is 1. The van der Waals surface area contributed by atoms with E-state index in [2.05, 4.69) is 10.3 Å². The van der Waals surface area contributed by atoms with Gasteiger partial charge in [0, 0.05) is 17.8 Å². The van der Waals surface area contributed by atoms with Crippen LogP contribution in [-0.4, -0.2) is 27.0 Å². The fraction of sp³-hybridized carbons (Fsp3) is 0.467. The van der Waals surface area contributed by atoms with Crippen molar-refractivity contribution in [2.45, 2.75) is 38.0 Å². The Kier molecular flexibility index (Phi) is 4.15. The van der Waals surface area contributed by atoms with Crippen LogP contribution in [0.1, 0.15) is 43.7 Å². The first-order valence-electron chi connectivity index (χ1n) is 7.63. The van der Waals surface area contributed by atoms with Gasteiger partial charge in [0.1, 0.15) is 11.5 Å². The molecule has 5 N–H and O–H groups in total. The molecule has 0 unspecified atom stereocenters. The monoisotopic (exact) mass is 303 g/mol. The molecule has 0 aliphatic heterocycles. The Hall–Kier alpha value is -2.28. The number of aromatic nitrogens is 2. The number of carbonyl (C=O) groups excluding carboxylic acids is 1. The Morgan fingerprint density at radius 1 is 1.36 bits per heavy atom. The van der Waals surface area contributed by atoms with E-state index in [-0.39, 0.29) is 6.54 Å². The number of pyridine rings is 1. The van der Waals surface area contributed by atoms with Crippen LogP contribution < -0.4 is 16.5 Å². The van der Waals surface area contributed by atoms with E-state index >= 15 is 0 Å². The van der Waals surface area contributed by atoms with Crippen molar-refractivity contribution < 1.29 is 10.0 Å². The van der Waals surface area contributed by atoms with E-state index in [0.717, 1.165) is 24.2 Å². The van der Waals surface area contributed by atoms with Gasteiger partial charge in [0.25, 0.3) is 5.91 Å². The Labute approximate surface area is 128 Å². The molecule has 0 radical (unpaired) electrons. The van der Waals surface area contributed by atoms with Gasteiger partial charge in [0.05, 0.1) is 12.2 Å². The van der Waals surface area contributed by atoms with Gasteiger partial charge in [0.2, 0.25) is 0 Å². The van der Waals surface area contributed by atoms with Crippen molar-refractivity contribution in [1.29, 1.82) is 0 Å². The average Bonchev–Trinajstić information content (AvgIpc) is 2.90. The van der Waals surface area contributed by atoms with Crippen LogP contribution in [0.4, 0.5) is 11.5 Å². The van der Waals surface area contributed by atoms with Crippen LogP contribution in [-0.2, 0) is 4.79 Å². The van der Waals surface area contributed by atoms with Gasteiger partial charge in [0.15, 0.2) is 0 Å². The molecule has 1 amide bonds. The lowest BCUT2D eigenvalue weighted by Gasteiger charge is -2.22. The maximum absolute atomic E-state index is 11.3. The highest BCUT2D eigenvalue weighted by Crippen LogP contribution is 2.37. The van der Waals surface area contributed by atoms with Crippen molar-refractivity contribution in [3.8, 4) is 0 Å². The number of hydrogen-bond donors (Lipinski definition) is 4. The van der Waals surface area contributed by atoms with Gasteiger partial charge in [-0.15, -0.1) is 0 Å². The lowest BCUT2D eigenvalue weighted by molar-refractivity contribution is -0.127. The number of nitrogens with two attached hydrogens (primary N) is 1. The van der Waals surface area contributed by atoms with Crippen molar-refractivity contribution in [2.24, 2.45) is 0 Å². The highest BCUT2D eigenvalue weighted by molar-refractivity contribution is 5.79. The summed E-state index contributed by atoms with van der Waals surface area (Å²) in [4.78, 5) is 15.8. The molecular weight excluding hydrogens is 282 g/mol. The molecule has 2 heterocycles. The number of nitrogen functional groups attached to an aromatic ring is 1. The van der Waals surface area contributed by atoms with Crippen molar-refractivity contribution >= 4 is 23.1 Å². The van der Waals surface area contributed by atoms with E-state index in [0.29, 0.717) is 17.4 Å². The third-order valence-electron chi connectivity index (χ3n) is 4.21. The molecular formula is C15H21N5O2. The third kappa shape index (κ3) is 2.85. The molecule has 22 heavy (non-hydrogen) atoms. The van der Waals surface area contributed by atoms with Crippen molar-refractivity contribution in [3.63, 3.8) is 0 Å². The average molecular weight is 303 g/mol. The second-order valence-corrected chi connectivity index (χ2v) is 5.76. The summed E-state index contributed by atoms with van der Waals surface area (Å²) in [5.41, 5.74) is 10.1. The molecule has 2 aromatic rings. The number of nitrogens with zero attached hydrogens (tertiary/aromatic N) is 2. The molecule has 1 aliphatic carbocycles. The second kappa shape index (κ2) is 6.23. The van der Waals surface area contributed by atoms with Gasteiger partial charge in [-0.2, -0.15) is 0 Å². The fourth-order valence-electron chi connectivity index (χ4n) is 3.18. The minimum absolute atomic E-state index is 0.0183. The molecule has 1 saturated carbocycles. The van der Waals surface area contributed by atoms with Crippen molar-refractivity contribution in [3.05, 3.63) is 24.0 Å². The molecule has 7 nitrogen and oxygen atoms in total. The quantitative estimate of drug-likeness (QED) is 0.510. The van der Waals surface area contributed by atoms with Crippen LogP contribution in [0.3, 0.4) is 0 Å². The second-order valence-electron chi connectivity index (χ2n) is 5.76. The molecule has 1 aliphatic rings. The highest BCUT2D eigenvalue weighted by Gasteiger charge is 2.24. The number of amides is 1. The molecule has 118 valence electrons. The SMILES string of the molecule is Nc1ccc2nc(NCC(=O)NO)c(C3CCCCC3)n2c1. The zero-order valence-electron chi connectivity index (χ0n) is 12.4. The minimum atomic E-state index is -0.494. The zero-order valence-corrected chi connectivity index (χ0v) is 12.4. The summed E-state index contributed by atoms with van der Waals surface area (Å²) in [6.45, 7) is -0.0183. The number of fused-ring (bicyclic) bond motifs is 1. The minimum Gasteiger partial charge on any atom is -0.398 e. The molecule has 0 bridgehead atoms. The van der Waals surface area contributed by atoms with Gasteiger partial charge in [-0.25, -0.2) is 10.5 Å². The standard InChI is InChI=1S/C15H21N5O2/c16-11-6-7-12-18-15(17-8-13(21)19-22)14(20(12)9-11)10-4-2-1-3-5-10/h6-7,9-10,17,22H,1-5,8,16H2,(H,19,21). The summed E-state index contributed by atoms with van der Waals surface area (Å²) in [6.07, 6.45) is 7.79. The molecule has 0 atom stereocenters. The maximum atomic E-state index is 11.3. The first kappa shape index (κ1) is 14.6. The van der Waals surface area contributed by atoms with E-state index in [1.165, 1.54) is 19.3 Å². The van der Waals surface area contributed by atoms with E-state index in [9.17, 15) is 4.79 Å². The summed E-state index contributed by atoms with van der Waals surface area (Å²) in [5.74, 6) is 0.609. The van der Waals surface area contributed by atoms with Crippen LogP contribution in [0.25, 0.3) is 5.65 Å². The Morgan fingerprint density at radius 3 is 2.86 bits per heavy atom. The first-order chi connectivity index (χ1) is 10.7. The topological polar surface area (TPSA) is 105 Å². The van der Waals surface area contributed by atoms with Gasteiger partial charge in [-0.1, -0.05) is 19.3 Å². The number of rotatable bonds is 4. The third-order valence-corrected chi connectivity index (χ3v) is 4.21. The van der Waals surface area contributed by atoms with Crippen molar-refractivity contribution in [2.75, 3.05) is 17.6 Å². The van der Waals surface area contributed by atoms with Crippen LogP contribution in [0.2, 0.25) is 0 Å². The number of hydroxylamine groups is 1. The largest absolute Gasteiger partial charge is 0.398 e. The smallest absolute Gasteiger partial charge is 0.262 e. The van der Waals surface area contributed by atoms with E-state index in [1.54, 1.807) is 5.48 Å². The predicted molar refractivity (Wildman–Crippen MR) is 83.8 cm³/mol. The van der Waals surface area contributed by atoms with E-state index in [1.807, 2.05) is 22.7 Å². The highest BCUT2D eigenvalue weighted by atomic mass is 16.5. The Bertz CT molecular complexity index is 676. The van der Waals surface area contributed by atoms with Crippen LogP contribution in [0.5, 0.6) is 0 Å². The molecule has 3 rings (SSSR count). The zero-order chi connectivity index (χ0) is 15.5. The van der Waals surface area contributed by atoms with Gasteiger partial charge >= 0.3 is 0 Å². The number of carbonyl (C=O) groups is 1. The lowest BCUT2D eigenvalue weighted by atomic mass is 9.87. The van der Waals surface area contributed by atoms with E-state index in [4.69, 9.17) is 10.9 Å². The van der Waals surface area contributed by atoms with Gasteiger partial charge < -0.3 is 11.1 Å². The first-order valence-corrected chi connectivity index (χ1v) is 7.63. The Morgan fingerprint density at radius 2 is 2.14 bits per heavy atom. The molecule has 7 heteroatoms. The molecule has 2 aromatic heterocycles.